The Kier molecular flexibility index (Phi) is 9.38. The number of phenolic OH excluding ortho intramolecular Hbond substituents is 1. The fourth-order valence-electron chi connectivity index (χ4n) is 10.9. The van der Waals surface area contributed by atoms with Gasteiger partial charge in [-0.15, -0.1) is 0 Å². The number of aromatic hydroxyl groups is 1. The second-order valence-electron chi connectivity index (χ2n) is 17.5. The fourth-order valence-corrected chi connectivity index (χ4v) is 10.9. The van der Waals surface area contributed by atoms with E-state index in [1.165, 1.54) is 27.9 Å². The third-order valence-electron chi connectivity index (χ3n) is 14.3. The molecule has 0 radical (unpaired) electrons. The first-order chi connectivity index (χ1) is 28.6. The van der Waals surface area contributed by atoms with Crippen molar-refractivity contribution in [3.05, 3.63) is 129 Å². The maximum Gasteiger partial charge on any atom is 0.262 e. The Hall–Kier alpha value is -5.81. The summed E-state index contributed by atoms with van der Waals surface area (Å²) in [5, 5.41) is 12.5. The molecule has 302 valence electrons. The number of hydrogen-bond acceptors (Lipinski definition) is 8. The lowest BCUT2D eigenvalue weighted by Crippen LogP contribution is -2.62. The zero-order valence-corrected chi connectivity index (χ0v) is 33.3. The largest absolute Gasteiger partial charge is 0.508 e. The highest BCUT2D eigenvalue weighted by Crippen LogP contribution is 2.47. The maximum absolute atomic E-state index is 13.8. The predicted octanol–water partition coefficient (Wildman–Crippen LogP) is 5.88. The van der Waals surface area contributed by atoms with Crippen LogP contribution < -0.4 is 10.2 Å². The molecule has 1 unspecified atom stereocenters. The van der Waals surface area contributed by atoms with Gasteiger partial charge in [0.1, 0.15) is 11.8 Å². The monoisotopic (exact) mass is 791 g/mol. The van der Waals surface area contributed by atoms with Crippen molar-refractivity contribution in [2.24, 2.45) is 5.92 Å². The van der Waals surface area contributed by atoms with E-state index in [-0.39, 0.29) is 41.7 Å². The number of imide groups is 2. The summed E-state index contributed by atoms with van der Waals surface area (Å²) in [6, 6.07) is 29.2. The zero-order valence-electron chi connectivity index (χ0n) is 33.3. The normalized spacial score (nSPS) is 25.6. The maximum atomic E-state index is 13.8. The molecule has 4 aliphatic heterocycles. The first-order valence-corrected chi connectivity index (χ1v) is 21.2. The van der Waals surface area contributed by atoms with E-state index in [2.05, 4.69) is 82.8 Å². The van der Waals surface area contributed by atoms with Gasteiger partial charge in [0.25, 0.3) is 11.8 Å². The highest BCUT2D eigenvalue weighted by molar-refractivity contribution is 6.23. The quantitative estimate of drug-likeness (QED) is 0.222. The molecule has 5 amide bonds. The number of likely N-dealkylation sites (tertiary alicyclic amines) is 1. The molecule has 4 aromatic rings. The van der Waals surface area contributed by atoms with Crippen LogP contribution in [0, 0.1) is 5.92 Å². The number of fused-ring (bicyclic) bond motifs is 3. The van der Waals surface area contributed by atoms with Gasteiger partial charge in [0.05, 0.1) is 17.2 Å². The lowest BCUT2D eigenvalue weighted by molar-refractivity contribution is -0.138. The second-order valence-corrected chi connectivity index (χ2v) is 17.5. The van der Waals surface area contributed by atoms with Crippen LogP contribution in [-0.4, -0.2) is 87.6 Å². The van der Waals surface area contributed by atoms with Crippen LogP contribution >= 0.6 is 0 Å². The van der Waals surface area contributed by atoms with Gasteiger partial charge in [0, 0.05) is 63.2 Å². The summed E-state index contributed by atoms with van der Waals surface area (Å²) < 4.78 is 0. The van der Waals surface area contributed by atoms with E-state index in [1.54, 1.807) is 12.1 Å². The molecule has 2 saturated heterocycles. The molecule has 2 N–H and O–H groups in total. The van der Waals surface area contributed by atoms with E-state index in [0.29, 0.717) is 36.8 Å². The Balaban J connectivity index is 0.728. The van der Waals surface area contributed by atoms with Crippen LogP contribution in [0.1, 0.15) is 111 Å². The Bertz CT molecular complexity index is 2320. The van der Waals surface area contributed by atoms with Gasteiger partial charge in [0.15, 0.2) is 0 Å². The van der Waals surface area contributed by atoms with Gasteiger partial charge in [-0.05, 0) is 121 Å². The molecule has 2 aliphatic carbocycles. The Morgan fingerprint density at radius 3 is 2.07 bits per heavy atom. The Morgan fingerprint density at radius 1 is 0.729 bits per heavy atom. The molecular weight excluding hydrogens is 743 g/mol. The summed E-state index contributed by atoms with van der Waals surface area (Å²) in [6.45, 7) is 2.80. The van der Waals surface area contributed by atoms with Crippen molar-refractivity contribution in [2.45, 2.75) is 94.4 Å². The van der Waals surface area contributed by atoms with Gasteiger partial charge in [-0.1, -0.05) is 48.5 Å². The number of likely N-dealkylation sites (N-methyl/N-ethyl adjacent to an activating group) is 1. The molecule has 3 fully saturated rings. The Morgan fingerprint density at radius 2 is 1.41 bits per heavy atom. The first kappa shape index (κ1) is 37.5. The molecule has 0 bridgehead atoms. The number of hydrogen-bond donors (Lipinski definition) is 2. The fraction of sp³-hybridized carbons (Fsp3) is 0.396. The summed E-state index contributed by atoms with van der Waals surface area (Å²) in [7, 11) is 2.20. The average molecular weight is 792 g/mol. The van der Waals surface area contributed by atoms with E-state index < -0.39 is 29.7 Å². The number of piperidine rings is 1. The van der Waals surface area contributed by atoms with Gasteiger partial charge in [-0.2, -0.15) is 0 Å². The zero-order chi connectivity index (χ0) is 40.5. The van der Waals surface area contributed by atoms with Crippen LogP contribution in [0.4, 0.5) is 5.69 Å². The number of anilines is 1. The number of nitrogens with one attached hydrogen (secondary N) is 1. The van der Waals surface area contributed by atoms with Crippen molar-refractivity contribution in [1.29, 1.82) is 0 Å². The number of benzene rings is 4. The van der Waals surface area contributed by atoms with Crippen molar-refractivity contribution in [2.75, 3.05) is 25.0 Å². The molecule has 4 heterocycles. The number of carbonyl (C=O) groups is 5. The predicted molar refractivity (Wildman–Crippen MR) is 221 cm³/mol. The minimum absolute atomic E-state index is 0.0414. The molecular formula is C48H49N5O6. The molecule has 0 aromatic heterocycles. The molecule has 10 rings (SSSR count). The minimum atomic E-state index is -0.998. The molecule has 6 aliphatic rings. The third-order valence-corrected chi connectivity index (χ3v) is 14.3. The highest BCUT2D eigenvalue weighted by atomic mass is 16.3. The second kappa shape index (κ2) is 14.8. The van der Waals surface area contributed by atoms with Gasteiger partial charge in [0.2, 0.25) is 17.7 Å². The lowest BCUT2D eigenvalue weighted by atomic mass is 9.69. The molecule has 3 atom stereocenters. The number of carbonyl (C=O) groups excluding carboxylic acids is 5. The van der Waals surface area contributed by atoms with Crippen molar-refractivity contribution >= 4 is 35.2 Å². The van der Waals surface area contributed by atoms with Crippen LogP contribution in [0.3, 0.4) is 0 Å². The van der Waals surface area contributed by atoms with Crippen molar-refractivity contribution in [1.82, 2.24) is 20.0 Å². The molecule has 1 saturated carbocycles. The van der Waals surface area contributed by atoms with Crippen molar-refractivity contribution < 1.29 is 29.1 Å². The number of amides is 5. The van der Waals surface area contributed by atoms with Crippen LogP contribution in [0.2, 0.25) is 0 Å². The smallest absolute Gasteiger partial charge is 0.262 e. The van der Waals surface area contributed by atoms with E-state index in [9.17, 15) is 29.1 Å². The first-order valence-electron chi connectivity index (χ1n) is 21.2. The summed E-state index contributed by atoms with van der Waals surface area (Å²) in [4.78, 5) is 72.4. The van der Waals surface area contributed by atoms with Crippen molar-refractivity contribution in [3.63, 3.8) is 0 Å². The number of nitrogens with zero attached hydrogens (tertiary/aromatic N) is 4. The third kappa shape index (κ3) is 6.59. The minimum Gasteiger partial charge on any atom is -0.508 e. The standard InChI is InChI=1S/C48H49N5O6/c1-50(34-12-7-29(8-13-34)44-38(28-5-3-2-4-6-28)17-11-31-21-37(54)16-18-39(31)44)36-26-51(27-36)35-14-9-30(10-15-35)46(57)52-24-32-22-40-41(23-33(32)25-52)48(59)53(47(40)58)42-19-20-43(55)49-45(42)56/h2-8,12-13,16,18,21-23,30,35-36,38,42,44,54H,9-11,14-15,17,19-20,24-27H2,1H3,(H,49,55,56)/t30?,35?,38-,42?,44+/m0/s1. The van der Waals surface area contributed by atoms with Gasteiger partial charge < -0.3 is 14.9 Å². The van der Waals surface area contributed by atoms with Crippen molar-refractivity contribution in [3.8, 4) is 5.75 Å². The van der Waals surface area contributed by atoms with E-state index >= 15 is 0 Å². The lowest BCUT2D eigenvalue weighted by Gasteiger charge is -2.50. The highest BCUT2D eigenvalue weighted by Gasteiger charge is 2.46. The van der Waals surface area contributed by atoms with Gasteiger partial charge in [-0.25, -0.2) is 0 Å². The average Bonchev–Trinajstić information content (AvgIpc) is 3.76. The topological polar surface area (TPSA) is 131 Å². The molecule has 11 heteroatoms. The number of aryl methyl sites for hydroxylation is 1. The van der Waals surface area contributed by atoms with Crippen LogP contribution in [-0.2, 0) is 33.9 Å². The molecule has 11 nitrogen and oxygen atoms in total. The van der Waals surface area contributed by atoms with Crippen LogP contribution in [0.25, 0.3) is 0 Å². The summed E-state index contributed by atoms with van der Waals surface area (Å²) in [5.41, 5.74) is 8.65. The van der Waals surface area contributed by atoms with Crippen LogP contribution in [0.15, 0.2) is 84.9 Å². The van der Waals surface area contributed by atoms with Gasteiger partial charge >= 0.3 is 0 Å². The Labute approximate surface area is 344 Å². The summed E-state index contributed by atoms with van der Waals surface area (Å²) in [5.74, 6) is -1.06. The molecule has 4 aromatic carbocycles. The SMILES string of the molecule is CN(c1ccc([C@H]2c3ccc(O)cc3CC[C@H]2c2ccccc2)cc1)C1CN(C2CCC(C(=O)N3Cc4cc5c(cc4C3)C(=O)N(C3CCC(=O)NC3=O)C5=O)CC2)C1. The van der Waals surface area contributed by atoms with Gasteiger partial charge in [-0.3, -0.25) is 39.1 Å². The summed E-state index contributed by atoms with van der Waals surface area (Å²) >= 11 is 0. The summed E-state index contributed by atoms with van der Waals surface area (Å²) in [6.07, 6.45) is 5.85. The number of rotatable bonds is 7. The molecule has 0 spiro atoms. The van der Waals surface area contributed by atoms with E-state index in [4.69, 9.17) is 0 Å². The molecule has 59 heavy (non-hydrogen) atoms. The van der Waals surface area contributed by atoms with Crippen LogP contribution in [0.5, 0.6) is 5.75 Å². The number of phenols is 1. The van der Waals surface area contributed by atoms with E-state index in [0.717, 1.165) is 67.6 Å². The van der Waals surface area contributed by atoms with E-state index in [1.807, 2.05) is 17.0 Å².